The number of fused-ring (bicyclic) bond motifs is 1. The Morgan fingerprint density at radius 2 is 1.69 bits per heavy atom. The molecule has 0 bridgehead atoms. The number of aryl methyl sites for hydroxylation is 2. The Kier molecular flexibility index (Phi) is 9.68. The van der Waals surface area contributed by atoms with Gasteiger partial charge < -0.3 is 4.74 Å². The third-order valence-electron chi connectivity index (χ3n) is 6.77. The molecule has 4 rings (SSSR count). The zero-order valence-corrected chi connectivity index (χ0v) is 24.3. The lowest BCUT2D eigenvalue weighted by molar-refractivity contribution is 0.0376. The fraction of sp³-hybridized carbons (Fsp3) is 0.379. The number of carbonyl (C=O) groups is 1. The number of ether oxygens (including phenoxy) is 1. The van der Waals surface area contributed by atoms with Crippen molar-refractivity contribution < 1.29 is 17.9 Å². The van der Waals surface area contributed by atoms with E-state index in [4.69, 9.17) is 9.72 Å². The predicted octanol–water partition coefficient (Wildman–Crippen LogP) is 4.64. The van der Waals surface area contributed by atoms with Crippen LogP contribution in [0.1, 0.15) is 27.9 Å². The molecule has 0 atom stereocenters. The maximum Gasteiger partial charge on any atom is 0.260 e. The Labute approximate surface area is 235 Å². The van der Waals surface area contributed by atoms with E-state index in [0.717, 1.165) is 60.6 Å². The summed E-state index contributed by atoms with van der Waals surface area (Å²) in [5.74, 6) is -0.204. The van der Waals surface area contributed by atoms with Gasteiger partial charge in [0.2, 0.25) is 10.0 Å². The maximum atomic E-state index is 13.8. The Bertz CT molecular complexity index is 1380. The van der Waals surface area contributed by atoms with Gasteiger partial charge in [-0.3, -0.25) is 14.6 Å². The number of rotatable bonds is 12. The van der Waals surface area contributed by atoms with Crippen LogP contribution in [-0.4, -0.2) is 81.0 Å². The van der Waals surface area contributed by atoms with E-state index in [1.54, 1.807) is 17.0 Å². The second-order valence-electron chi connectivity index (χ2n) is 9.56. The van der Waals surface area contributed by atoms with Crippen molar-refractivity contribution in [2.24, 2.45) is 0 Å². The number of carbonyl (C=O) groups excluding carboxylic acids is 1. The van der Waals surface area contributed by atoms with Crippen molar-refractivity contribution in [1.82, 2.24) is 14.2 Å². The average molecular weight is 569 g/mol. The minimum absolute atomic E-state index is 0.118. The zero-order chi connectivity index (χ0) is 28.0. The van der Waals surface area contributed by atoms with Crippen LogP contribution >= 0.6 is 11.3 Å². The minimum Gasteiger partial charge on any atom is -0.379 e. The summed E-state index contributed by atoms with van der Waals surface area (Å²) in [6, 6.07) is 10.3. The van der Waals surface area contributed by atoms with Gasteiger partial charge in [-0.15, -0.1) is 13.2 Å². The summed E-state index contributed by atoms with van der Waals surface area (Å²) < 4.78 is 34.0. The molecule has 0 spiro atoms. The van der Waals surface area contributed by atoms with Gasteiger partial charge in [-0.25, -0.2) is 13.4 Å². The molecule has 3 aromatic rings. The third-order valence-corrected chi connectivity index (χ3v) is 9.83. The minimum atomic E-state index is -3.75. The first-order valence-corrected chi connectivity index (χ1v) is 15.3. The van der Waals surface area contributed by atoms with Crippen LogP contribution in [0.15, 0.2) is 66.6 Å². The standard InChI is InChI=1S/C29H36N4O4S2/c1-5-14-32(15-6-2)39(35,36)25-12-10-24(11-13-25)28(34)33(17-7-16-31-18-20-37-21-19-31)29-30-26-22(3)8-9-23(4)27(26)38-29/h5-6,8-13H,1-2,7,14-21H2,3-4H3. The number of thiazole rings is 1. The molecule has 1 amide bonds. The highest BCUT2D eigenvalue weighted by atomic mass is 32.2. The molecule has 1 aliphatic rings. The topological polar surface area (TPSA) is 83.1 Å². The Morgan fingerprint density at radius 1 is 1.05 bits per heavy atom. The lowest BCUT2D eigenvalue weighted by Crippen LogP contribution is -2.39. The van der Waals surface area contributed by atoms with Gasteiger partial charge in [-0.1, -0.05) is 35.6 Å². The summed E-state index contributed by atoms with van der Waals surface area (Å²) in [6.45, 7) is 16.3. The van der Waals surface area contributed by atoms with Crippen LogP contribution in [0.25, 0.3) is 10.2 Å². The number of anilines is 1. The highest BCUT2D eigenvalue weighted by Gasteiger charge is 2.25. The van der Waals surface area contributed by atoms with Gasteiger partial charge in [0.25, 0.3) is 5.91 Å². The van der Waals surface area contributed by atoms with Crippen LogP contribution < -0.4 is 4.90 Å². The van der Waals surface area contributed by atoms with E-state index in [2.05, 4.69) is 31.0 Å². The van der Waals surface area contributed by atoms with Crippen molar-refractivity contribution in [3.05, 3.63) is 78.4 Å². The maximum absolute atomic E-state index is 13.8. The van der Waals surface area contributed by atoms with Gasteiger partial charge in [-0.2, -0.15) is 4.31 Å². The first-order chi connectivity index (χ1) is 18.8. The molecule has 0 radical (unpaired) electrons. The highest BCUT2D eigenvalue weighted by molar-refractivity contribution is 7.89. The van der Waals surface area contributed by atoms with Gasteiger partial charge in [0.15, 0.2) is 5.13 Å². The lowest BCUT2D eigenvalue weighted by atomic mass is 10.1. The number of benzene rings is 2. The summed E-state index contributed by atoms with van der Waals surface area (Å²) >= 11 is 1.52. The SMILES string of the molecule is C=CCN(CC=C)S(=O)(=O)c1ccc(C(=O)N(CCCN2CCOCC2)c2nc3c(C)ccc(C)c3s2)cc1. The molecule has 208 valence electrons. The molecule has 1 aliphatic heterocycles. The Hall–Kier alpha value is -2.89. The second-order valence-corrected chi connectivity index (χ2v) is 12.5. The number of nitrogens with zero attached hydrogens (tertiary/aromatic N) is 4. The van der Waals surface area contributed by atoms with E-state index in [-0.39, 0.29) is 23.9 Å². The fourth-order valence-corrected chi connectivity index (χ4v) is 7.08. The number of morpholine rings is 1. The molecule has 1 saturated heterocycles. The van der Waals surface area contributed by atoms with Crippen LogP contribution in [0.3, 0.4) is 0 Å². The molecule has 0 unspecified atom stereocenters. The van der Waals surface area contributed by atoms with Crippen LogP contribution in [0.4, 0.5) is 5.13 Å². The van der Waals surface area contributed by atoms with Gasteiger partial charge in [-0.05, 0) is 55.7 Å². The number of amides is 1. The molecular weight excluding hydrogens is 532 g/mol. The number of sulfonamides is 1. The molecule has 0 N–H and O–H groups in total. The van der Waals surface area contributed by atoms with E-state index in [1.165, 1.54) is 39.9 Å². The van der Waals surface area contributed by atoms with Crippen LogP contribution in [0.2, 0.25) is 0 Å². The van der Waals surface area contributed by atoms with E-state index >= 15 is 0 Å². The molecule has 0 aliphatic carbocycles. The molecule has 2 heterocycles. The molecule has 8 nitrogen and oxygen atoms in total. The average Bonchev–Trinajstić information content (AvgIpc) is 3.40. The summed E-state index contributed by atoms with van der Waals surface area (Å²) in [7, 11) is -3.75. The smallest absolute Gasteiger partial charge is 0.260 e. The number of hydrogen-bond acceptors (Lipinski definition) is 7. The normalized spacial score (nSPS) is 14.5. The molecular formula is C29H36N4O4S2. The molecule has 2 aromatic carbocycles. The summed E-state index contributed by atoms with van der Waals surface area (Å²) in [5.41, 5.74) is 3.51. The van der Waals surface area contributed by atoms with Crippen molar-refractivity contribution >= 4 is 42.6 Å². The van der Waals surface area contributed by atoms with Gasteiger partial charge in [0.1, 0.15) is 0 Å². The van der Waals surface area contributed by atoms with Gasteiger partial charge in [0, 0.05) is 44.8 Å². The molecule has 1 fully saturated rings. The number of hydrogen-bond donors (Lipinski definition) is 0. The monoisotopic (exact) mass is 568 g/mol. The molecule has 0 saturated carbocycles. The first-order valence-electron chi connectivity index (χ1n) is 13.1. The second kappa shape index (κ2) is 13.0. The Balaban J connectivity index is 1.61. The first kappa shape index (κ1) is 29.1. The molecule has 1 aromatic heterocycles. The van der Waals surface area contributed by atoms with Crippen molar-refractivity contribution in [1.29, 1.82) is 0 Å². The van der Waals surface area contributed by atoms with Crippen LogP contribution in [-0.2, 0) is 14.8 Å². The highest BCUT2D eigenvalue weighted by Crippen LogP contribution is 2.34. The molecule has 10 heteroatoms. The van der Waals surface area contributed by atoms with Crippen molar-refractivity contribution in [3.8, 4) is 0 Å². The summed E-state index contributed by atoms with van der Waals surface area (Å²) in [4.78, 5) is 22.9. The lowest BCUT2D eigenvalue weighted by Gasteiger charge is -2.27. The zero-order valence-electron chi connectivity index (χ0n) is 22.6. The van der Waals surface area contributed by atoms with Crippen LogP contribution in [0.5, 0.6) is 0 Å². The van der Waals surface area contributed by atoms with Crippen molar-refractivity contribution in [2.45, 2.75) is 25.2 Å². The van der Waals surface area contributed by atoms with Gasteiger partial charge >= 0.3 is 0 Å². The van der Waals surface area contributed by atoms with E-state index in [0.29, 0.717) is 17.2 Å². The number of aromatic nitrogens is 1. The quantitative estimate of drug-likeness (QED) is 0.296. The third kappa shape index (κ3) is 6.64. The van der Waals surface area contributed by atoms with E-state index < -0.39 is 10.0 Å². The predicted molar refractivity (Wildman–Crippen MR) is 158 cm³/mol. The van der Waals surface area contributed by atoms with Crippen molar-refractivity contribution in [2.75, 3.05) is 57.4 Å². The van der Waals surface area contributed by atoms with Crippen LogP contribution in [0, 0.1) is 13.8 Å². The summed E-state index contributed by atoms with van der Waals surface area (Å²) in [6.07, 6.45) is 3.86. The summed E-state index contributed by atoms with van der Waals surface area (Å²) in [5, 5.41) is 0.647. The van der Waals surface area contributed by atoms with E-state index in [9.17, 15) is 13.2 Å². The van der Waals surface area contributed by atoms with Gasteiger partial charge in [0.05, 0.1) is 28.3 Å². The fourth-order valence-electron chi connectivity index (χ4n) is 4.56. The largest absolute Gasteiger partial charge is 0.379 e. The Morgan fingerprint density at radius 3 is 2.31 bits per heavy atom. The van der Waals surface area contributed by atoms with E-state index in [1.807, 2.05) is 13.0 Å². The van der Waals surface area contributed by atoms with Crippen molar-refractivity contribution in [3.63, 3.8) is 0 Å². The molecule has 39 heavy (non-hydrogen) atoms.